The Labute approximate surface area is 112 Å². The van der Waals surface area contributed by atoms with Crippen molar-refractivity contribution in [1.29, 1.82) is 0 Å². The fraction of sp³-hybridized carbons (Fsp3) is 0.176. The molecule has 0 saturated carbocycles. The minimum absolute atomic E-state index is 0.383. The van der Waals surface area contributed by atoms with Gasteiger partial charge >= 0.3 is 0 Å². The summed E-state index contributed by atoms with van der Waals surface area (Å²) in [4.78, 5) is 3.49. The molecule has 0 spiro atoms. The summed E-state index contributed by atoms with van der Waals surface area (Å²) in [7, 11) is 0. The number of H-pyrrole nitrogens is 1. The van der Waals surface area contributed by atoms with Crippen LogP contribution in [0.25, 0.3) is 10.9 Å². The minimum Gasteiger partial charge on any atom is -0.378 e. The van der Waals surface area contributed by atoms with E-state index in [1.54, 1.807) is 0 Å². The highest BCUT2D eigenvalue weighted by Crippen LogP contribution is 2.38. The van der Waals surface area contributed by atoms with E-state index in [9.17, 15) is 0 Å². The fourth-order valence-electron chi connectivity index (χ4n) is 3.22. The quantitative estimate of drug-likeness (QED) is 0.664. The van der Waals surface area contributed by atoms with E-state index in [1.807, 2.05) is 0 Å². The van der Waals surface area contributed by atoms with Crippen molar-refractivity contribution in [2.75, 3.05) is 5.32 Å². The first-order chi connectivity index (χ1) is 9.33. The highest BCUT2D eigenvalue weighted by Gasteiger charge is 2.25. The highest BCUT2D eigenvalue weighted by molar-refractivity contribution is 5.86. The summed E-state index contributed by atoms with van der Waals surface area (Å²) in [6, 6.07) is 17.5. The zero-order valence-corrected chi connectivity index (χ0v) is 10.9. The molecule has 0 radical (unpaired) electrons. The molecule has 0 aliphatic carbocycles. The van der Waals surface area contributed by atoms with Crippen molar-refractivity contribution in [3.8, 4) is 0 Å². The van der Waals surface area contributed by atoms with E-state index in [2.05, 4.69) is 65.8 Å². The van der Waals surface area contributed by atoms with Crippen LogP contribution in [0.4, 0.5) is 5.69 Å². The van der Waals surface area contributed by atoms with Gasteiger partial charge < -0.3 is 10.3 Å². The van der Waals surface area contributed by atoms with Crippen molar-refractivity contribution in [2.45, 2.75) is 19.4 Å². The van der Waals surface area contributed by atoms with Gasteiger partial charge in [-0.05, 0) is 31.0 Å². The van der Waals surface area contributed by atoms with Gasteiger partial charge in [-0.1, -0.05) is 36.4 Å². The Balaban J connectivity index is 1.83. The minimum atomic E-state index is 0.383. The normalized spacial score (nSPS) is 17.4. The molecular weight excluding hydrogens is 232 g/mol. The van der Waals surface area contributed by atoms with Gasteiger partial charge in [0.15, 0.2) is 0 Å². The van der Waals surface area contributed by atoms with E-state index < -0.39 is 0 Å². The lowest BCUT2D eigenvalue weighted by atomic mass is 10.00. The lowest BCUT2D eigenvalue weighted by molar-refractivity contribution is 0.822. The molecule has 1 aliphatic rings. The molecular formula is C17H16N2. The molecule has 2 N–H and O–H groups in total. The third kappa shape index (κ3) is 1.56. The Morgan fingerprint density at radius 2 is 1.79 bits per heavy atom. The second-order valence-electron chi connectivity index (χ2n) is 5.27. The van der Waals surface area contributed by atoms with Crippen LogP contribution < -0.4 is 5.32 Å². The number of aryl methyl sites for hydroxylation is 1. The molecule has 1 aromatic heterocycles. The van der Waals surface area contributed by atoms with E-state index in [0.717, 1.165) is 6.42 Å². The third-order valence-electron chi connectivity index (χ3n) is 4.06. The van der Waals surface area contributed by atoms with E-state index in [1.165, 1.54) is 33.4 Å². The van der Waals surface area contributed by atoms with Crippen LogP contribution in [0.15, 0.2) is 48.5 Å². The first-order valence-electron chi connectivity index (χ1n) is 6.74. The molecule has 0 amide bonds. The number of aromatic amines is 1. The molecule has 2 nitrogen and oxygen atoms in total. The zero-order chi connectivity index (χ0) is 12.8. The van der Waals surface area contributed by atoms with Gasteiger partial charge in [0, 0.05) is 27.8 Å². The van der Waals surface area contributed by atoms with Crippen LogP contribution in [0.1, 0.15) is 22.9 Å². The van der Waals surface area contributed by atoms with Crippen molar-refractivity contribution in [3.63, 3.8) is 0 Å². The van der Waals surface area contributed by atoms with Crippen molar-refractivity contribution in [2.24, 2.45) is 0 Å². The summed E-state index contributed by atoms with van der Waals surface area (Å²) in [6.07, 6.45) is 1.07. The maximum atomic E-state index is 3.65. The number of benzene rings is 2. The smallest absolute Gasteiger partial charge is 0.0578 e. The van der Waals surface area contributed by atoms with E-state index in [0.29, 0.717) is 6.04 Å². The first kappa shape index (κ1) is 10.7. The molecule has 2 heterocycles. The number of fused-ring (bicyclic) bond motifs is 2. The Kier molecular flexibility index (Phi) is 2.18. The molecule has 1 aliphatic heterocycles. The molecule has 0 fully saturated rings. The van der Waals surface area contributed by atoms with Gasteiger partial charge in [-0.3, -0.25) is 0 Å². The van der Waals surface area contributed by atoms with Gasteiger partial charge in [0.05, 0.1) is 6.04 Å². The number of anilines is 1. The molecule has 19 heavy (non-hydrogen) atoms. The van der Waals surface area contributed by atoms with Crippen molar-refractivity contribution in [3.05, 3.63) is 65.4 Å². The second-order valence-corrected chi connectivity index (χ2v) is 5.27. The highest BCUT2D eigenvalue weighted by atomic mass is 15.0. The molecule has 94 valence electrons. The van der Waals surface area contributed by atoms with Gasteiger partial charge in [-0.2, -0.15) is 0 Å². The van der Waals surface area contributed by atoms with Crippen molar-refractivity contribution < 1.29 is 0 Å². The average Bonchev–Trinajstić information content (AvgIpc) is 2.97. The molecule has 0 bridgehead atoms. The van der Waals surface area contributed by atoms with Crippen LogP contribution in [0.5, 0.6) is 0 Å². The van der Waals surface area contributed by atoms with E-state index in [4.69, 9.17) is 0 Å². The van der Waals surface area contributed by atoms with Crippen LogP contribution in [-0.2, 0) is 6.42 Å². The summed E-state index contributed by atoms with van der Waals surface area (Å²) in [5, 5.41) is 4.99. The third-order valence-corrected chi connectivity index (χ3v) is 4.06. The van der Waals surface area contributed by atoms with E-state index >= 15 is 0 Å². The Morgan fingerprint density at radius 1 is 1.00 bits per heavy atom. The maximum absolute atomic E-state index is 3.65. The maximum Gasteiger partial charge on any atom is 0.0578 e. The van der Waals surface area contributed by atoms with Gasteiger partial charge in [-0.15, -0.1) is 0 Å². The van der Waals surface area contributed by atoms with Crippen LogP contribution >= 0.6 is 0 Å². The van der Waals surface area contributed by atoms with Crippen LogP contribution in [0, 0.1) is 6.92 Å². The monoisotopic (exact) mass is 248 g/mol. The molecule has 3 aromatic rings. The summed E-state index contributed by atoms with van der Waals surface area (Å²) >= 11 is 0. The number of hydrogen-bond donors (Lipinski definition) is 2. The number of nitrogens with one attached hydrogen (secondary N) is 2. The number of para-hydroxylation sites is 2. The molecule has 1 atom stereocenters. The lowest BCUT2D eigenvalue weighted by Crippen LogP contribution is -2.06. The summed E-state index contributed by atoms with van der Waals surface area (Å²) in [6.45, 7) is 2.17. The predicted octanol–water partition coefficient (Wildman–Crippen LogP) is 4.19. The zero-order valence-electron chi connectivity index (χ0n) is 10.9. The largest absolute Gasteiger partial charge is 0.378 e. The molecule has 2 aromatic carbocycles. The number of aromatic nitrogens is 1. The van der Waals surface area contributed by atoms with Gasteiger partial charge in [0.1, 0.15) is 0 Å². The first-order valence-corrected chi connectivity index (χ1v) is 6.74. The SMILES string of the molecule is Cc1[nH]c2ccccc2c1[C@@H]1Cc2ccccc2N1. The molecule has 0 saturated heterocycles. The average molecular weight is 248 g/mol. The standard InChI is InChI=1S/C17H16N2/c1-11-17(13-7-3-5-9-15(13)18-11)16-10-12-6-2-4-8-14(12)19-16/h2-9,16,18-19H,10H2,1H3/t16-/m0/s1. The van der Waals surface area contributed by atoms with E-state index in [-0.39, 0.29) is 0 Å². The van der Waals surface area contributed by atoms with Crippen molar-refractivity contribution in [1.82, 2.24) is 4.98 Å². The lowest BCUT2D eigenvalue weighted by Gasteiger charge is -2.12. The van der Waals surface area contributed by atoms with Gasteiger partial charge in [-0.25, -0.2) is 0 Å². The van der Waals surface area contributed by atoms with Crippen LogP contribution in [0.2, 0.25) is 0 Å². The second kappa shape index (κ2) is 3.89. The van der Waals surface area contributed by atoms with Gasteiger partial charge in [0.2, 0.25) is 0 Å². The molecule has 0 unspecified atom stereocenters. The number of hydrogen-bond acceptors (Lipinski definition) is 1. The fourth-order valence-corrected chi connectivity index (χ4v) is 3.22. The summed E-state index contributed by atoms with van der Waals surface area (Å²) in [5.74, 6) is 0. The van der Waals surface area contributed by atoms with Crippen LogP contribution in [0.3, 0.4) is 0 Å². The molecule has 2 heteroatoms. The predicted molar refractivity (Wildman–Crippen MR) is 79.5 cm³/mol. The van der Waals surface area contributed by atoms with Crippen LogP contribution in [-0.4, -0.2) is 4.98 Å². The molecule has 4 rings (SSSR count). The Hall–Kier alpha value is -2.22. The Morgan fingerprint density at radius 3 is 2.68 bits per heavy atom. The number of rotatable bonds is 1. The topological polar surface area (TPSA) is 27.8 Å². The van der Waals surface area contributed by atoms with Gasteiger partial charge in [0.25, 0.3) is 0 Å². The summed E-state index contributed by atoms with van der Waals surface area (Å²) < 4.78 is 0. The summed E-state index contributed by atoms with van der Waals surface area (Å²) in [5.41, 5.74) is 6.60. The Bertz CT molecular complexity index is 730. The van der Waals surface area contributed by atoms with Crippen molar-refractivity contribution >= 4 is 16.6 Å².